The Morgan fingerprint density at radius 2 is 1.58 bits per heavy atom. The standard InChI is InChI=1S/C23H45Cl/c1-10-13-17(3)21(7)18(4)16-22(11-2)23(8,9)19(5)14-12-15-20(6)24/h16-17,19-22H,10-15H2,1-9H3. The number of rotatable bonds is 12. The van der Waals surface area contributed by atoms with Crippen molar-refractivity contribution in [1.29, 1.82) is 0 Å². The van der Waals surface area contributed by atoms with E-state index in [1.165, 1.54) is 32.1 Å². The van der Waals surface area contributed by atoms with E-state index in [0.717, 1.165) is 18.3 Å². The zero-order chi connectivity index (χ0) is 18.9. The van der Waals surface area contributed by atoms with Crippen LogP contribution in [0, 0.1) is 29.1 Å². The van der Waals surface area contributed by atoms with E-state index >= 15 is 0 Å². The lowest BCUT2D eigenvalue weighted by molar-refractivity contribution is 0.142. The fraction of sp³-hybridized carbons (Fsp3) is 0.913. The van der Waals surface area contributed by atoms with Crippen LogP contribution in [0.2, 0.25) is 0 Å². The molecule has 0 rings (SSSR count). The van der Waals surface area contributed by atoms with Crippen molar-refractivity contribution in [2.75, 3.05) is 0 Å². The first-order valence-corrected chi connectivity index (χ1v) is 10.8. The van der Waals surface area contributed by atoms with Crippen LogP contribution in [-0.2, 0) is 0 Å². The molecule has 0 saturated heterocycles. The molecule has 0 aliphatic heterocycles. The van der Waals surface area contributed by atoms with Crippen LogP contribution in [0.4, 0.5) is 0 Å². The molecule has 0 fully saturated rings. The van der Waals surface area contributed by atoms with Crippen LogP contribution < -0.4 is 0 Å². The topological polar surface area (TPSA) is 0 Å². The zero-order valence-corrected chi connectivity index (χ0v) is 18.8. The molecule has 0 amide bonds. The van der Waals surface area contributed by atoms with Crippen LogP contribution in [0.15, 0.2) is 11.6 Å². The summed E-state index contributed by atoms with van der Waals surface area (Å²) < 4.78 is 0. The van der Waals surface area contributed by atoms with Gasteiger partial charge in [0.25, 0.3) is 0 Å². The molecule has 0 N–H and O–H groups in total. The Hall–Kier alpha value is 0.0300. The second kappa shape index (κ2) is 11.6. The molecular weight excluding hydrogens is 312 g/mol. The van der Waals surface area contributed by atoms with Gasteiger partial charge in [-0.1, -0.05) is 85.8 Å². The predicted octanol–water partition coefficient (Wildman–Crippen LogP) is 8.49. The molecule has 1 heteroatoms. The third kappa shape index (κ3) is 7.94. The Balaban J connectivity index is 4.97. The SMILES string of the molecule is CCCC(C)C(C)C(C)=CC(CC)C(C)(C)C(C)CCCC(C)Cl. The third-order valence-corrected chi connectivity index (χ3v) is 6.90. The molecule has 144 valence electrons. The molecule has 0 bridgehead atoms. The molecule has 0 aliphatic carbocycles. The van der Waals surface area contributed by atoms with E-state index in [1.54, 1.807) is 5.57 Å². The molecule has 0 aromatic heterocycles. The van der Waals surface area contributed by atoms with Gasteiger partial charge in [0.1, 0.15) is 0 Å². The van der Waals surface area contributed by atoms with Gasteiger partial charge < -0.3 is 0 Å². The van der Waals surface area contributed by atoms with Gasteiger partial charge in [-0.15, -0.1) is 11.6 Å². The Labute approximate surface area is 158 Å². The molecule has 0 spiro atoms. The van der Waals surface area contributed by atoms with Crippen molar-refractivity contribution in [2.24, 2.45) is 29.1 Å². The van der Waals surface area contributed by atoms with E-state index in [1.807, 2.05) is 0 Å². The molecule has 5 unspecified atom stereocenters. The summed E-state index contributed by atoms with van der Waals surface area (Å²) in [5, 5.41) is 0.310. The first-order chi connectivity index (χ1) is 11.1. The van der Waals surface area contributed by atoms with E-state index in [4.69, 9.17) is 11.6 Å². The maximum absolute atomic E-state index is 6.11. The number of hydrogen-bond acceptors (Lipinski definition) is 0. The van der Waals surface area contributed by atoms with Crippen molar-refractivity contribution in [2.45, 2.75) is 106 Å². The molecular formula is C23H45Cl. The number of allylic oxidation sites excluding steroid dienone is 2. The number of hydrogen-bond donors (Lipinski definition) is 0. The average Bonchev–Trinajstić information content (AvgIpc) is 2.50. The first-order valence-electron chi connectivity index (χ1n) is 10.4. The smallest absolute Gasteiger partial charge is 0.0307 e. The van der Waals surface area contributed by atoms with Crippen molar-refractivity contribution >= 4 is 11.6 Å². The van der Waals surface area contributed by atoms with Gasteiger partial charge in [0.15, 0.2) is 0 Å². The van der Waals surface area contributed by atoms with E-state index in [0.29, 0.717) is 22.6 Å². The van der Waals surface area contributed by atoms with Gasteiger partial charge in [0.2, 0.25) is 0 Å². The van der Waals surface area contributed by atoms with E-state index < -0.39 is 0 Å². The lowest BCUT2D eigenvalue weighted by Crippen LogP contribution is -2.30. The van der Waals surface area contributed by atoms with Gasteiger partial charge in [0.05, 0.1) is 0 Å². The minimum Gasteiger partial charge on any atom is -0.123 e. The van der Waals surface area contributed by atoms with Gasteiger partial charge in [-0.25, -0.2) is 0 Å². The fourth-order valence-corrected chi connectivity index (χ4v) is 4.08. The van der Waals surface area contributed by atoms with Crippen LogP contribution in [0.5, 0.6) is 0 Å². The van der Waals surface area contributed by atoms with Gasteiger partial charge >= 0.3 is 0 Å². The Morgan fingerprint density at radius 3 is 2.04 bits per heavy atom. The minimum absolute atomic E-state index is 0.310. The first kappa shape index (κ1) is 24.0. The zero-order valence-electron chi connectivity index (χ0n) is 18.1. The van der Waals surface area contributed by atoms with Crippen molar-refractivity contribution in [3.8, 4) is 0 Å². The summed E-state index contributed by atoms with van der Waals surface area (Å²) in [6.07, 6.45) is 10.1. The Kier molecular flexibility index (Phi) is 11.6. The highest BCUT2D eigenvalue weighted by molar-refractivity contribution is 6.20. The summed E-state index contributed by atoms with van der Waals surface area (Å²) in [5.74, 6) is 2.87. The molecule has 0 saturated carbocycles. The molecule has 0 aliphatic rings. The fourth-order valence-electron chi connectivity index (χ4n) is 3.92. The van der Waals surface area contributed by atoms with Gasteiger partial charge in [-0.05, 0) is 55.8 Å². The van der Waals surface area contributed by atoms with E-state index in [2.05, 4.69) is 68.4 Å². The highest BCUT2D eigenvalue weighted by Gasteiger charge is 2.32. The summed E-state index contributed by atoms with van der Waals surface area (Å²) in [6, 6.07) is 0. The second-order valence-electron chi connectivity index (χ2n) is 8.91. The van der Waals surface area contributed by atoms with Gasteiger partial charge in [-0.3, -0.25) is 0 Å². The number of halogens is 1. The average molecular weight is 357 g/mol. The van der Waals surface area contributed by atoms with Gasteiger partial charge in [0, 0.05) is 5.38 Å². The predicted molar refractivity (Wildman–Crippen MR) is 113 cm³/mol. The molecule has 0 aromatic rings. The van der Waals surface area contributed by atoms with Crippen molar-refractivity contribution in [3.63, 3.8) is 0 Å². The molecule has 0 nitrogen and oxygen atoms in total. The highest BCUT2D eigenvalue weighted by atomic mass is 35.5. The molecule has 24 heavy (non-hydrogen) atoms. The van der Waals surface area contributed by atoms with Crippen LogP contribution >= 0.6 is 11.6 Å². The quantitative estimate of drug-likeness (QED) is 0.243. The summed E-state index contributed by atoms with van der Waals surface area (Å²) in [5.41, 5.74) is 1.94. The maximum Gasteiger partial charge on any atom is 0.0307 e. The van der Waals surface area contributed by atoms with E-state index in [9.17, 15) is 0 Å². The van der Waals surface area contributed by atoms with Crippen LogP contribution in [0.1, 0.15) is 101 Å². The number of alkyl halides is 1. The van der Waals surface area contributed by atoms with Crippen LogP contribution in [0.25, 0.3) is 0 Å². The summed E-state index contributed by atoms with van der Waals surface area (Å²) in [4.78, 5) is 0. The summed E-state index contributed by atoms with van der Waals surface area (Å²) in [6.45, 7) is 21.3. The molecule has 0 heterocycles. The normalized spacial score (nSPS) is 19.7. The second-order valence-corrected chi connectivity index (χ2v) is 9.66. The molecule has 0 radical (unpaired) electrons. The summed E-state index contributed by atoms with van der Waals surface area (Å²) >= 11 is 6.11. The molecule has 5 atom stereocenters. The van der Waals surface area contributed by atoms with Crippen molar-refractivity contribution < 1.29 is 0 Å². The Morgan fingerprint density at radius 1 is 1.00 bits per heavy atom. The lowest BCUT2D eigenvalue weighted by atomic mass is 9.66. The van der Waals surface area contributed by atoms with Gasteiger partial charge in [-0.2, -0.15) is 0 Å². The minimum atomic E-state index is 0.310. The van der Waals surface area contributed by atoms with E-state index in [-0.39, 0.29) is 0 Å². The molecule has 0 aromatic carbocycles. The van der Waals surface area contributed by atoms with Crippen molar-refractivity contribution in [3.05, 3.63) is 11.6 Å². The summed E-state index contributed by atoms with van der Waals surface area (Å²) in [7, 11) is 0. The van der Waals surface area contributed by atoms with Crippen molar-refractivity contribution in [1.82, 2.24) is 0 Å². The maximum atomic E-state index is 6.11. The van der Waals surface area contributed by atoms with Crippen LogP contribution in [-0.4, -0.2) is 5.38 Å². The monoisotopic (exact) mass is 356 g/mol. The third-order valence-electron chi connectivity index (χ3n) is 6.68. The largest absolute Gasteiger partial charge is 0.123 e. The lowest BCUT2D eigenvalue weighted by Gasteiger charge is -2.39. The Bertz CT molecular complexity index is 353. The van der Waals surface area contributed by atoms with Crippen LogP contribution in [0.3, 0.4) is 0 Å². The highest BCUT2D eigenvalue weighted by Crippen LogP contribution is 2.41.